The largest absolute Gasteiger partial charge is 0.397 e. The number of hydrogen-bond acceptors (Lipinski definition) is 48. The summed E-state index contributed by atoms with van der Waals surface area (Å²) in [6.45, 7) is -29.3. The molecule has 9 saturated heterocycles. The number of hydrogen-bond donors (Lipinski definition) is 15. The van der Waals surface area contributed by atoms with Gasteiger partial charge in [0.2, 0.25) is 17.8 Å². The van der Waals surface area contributed by atoms with Crippen molar-refractivity contribution >= 4 is 249 Å². The number of pyridine rings is 3. The molecule has 0 aromatic carbocycles. The molecular formula is C60H66F6N30O24P6S9. The van der Waals surface area contributed by atoms with Crippen LogP contribution >= 0.6 is 87.9 Å². The Labute approximate surface area is 789 Å². The molecule has 75 heteroatoms. The molecule has 0 spiro atoms. The fourth-order valence-electron chi connectivity index (χ4n) is 15.6. The van der Waals surface area contributed by atoms with Crippen LogP contribution in [-0.4, -0.2) is 290 Å². The van der Waals surface area contributed by atoms with Crippen LogP contribution in [0.1, 0.15) is 34.8 Å². The van der Waals surface area contributed by atoms with Crippen LogP contribution in [0.3, 0.4) is 0 Å². The summed E-state index contributed by atoms with van der Waals surface area (Å²) in [6, 6.07) is 4.46. The second kappa shape index (κ2) is 37.2. The number of rotatable bonds is 6. The van der Waals surface area contributed by atoms with Gasteiger partial charge in [-0.25, -0.2) is 60.8 Å². The number of H-pyrrole nitrogens is 3. The Hall–Kier alpha value is -6.84. The zero-order valence-electron chi connectivity index (χ0n) is 66.8. The number of aromatic nitrogens is 24. The fraction of sp³-hybridized carbons (Fsp3) is 0.500. The number of alkyl halides is 6. The van der Waals surface area contributed by atoms with E-state index in [0.717, 1.165) is 49.3 Å². The van der Waals surface area contributed by atoms with Crippen molar-refractivity contribution in [1.29, 1.82) is 0 Å². The molecule has 9 aliphatic rings. The van der Waals surface area contributed by atoms with Crippen LogP contribution in [0.25, 0.3) is 67.0 Å². The van der Waals surface area contributed by atoms with Crippen LogP contribution in [0.5, 0.6) is 0 Å². The van der Waals surface area contributed by atoms with Gasteiger partial charge in [0.15, 0.2) is 104 Å². The van der Waals surface area contributed by atoms with Gasteiger partial charge in [0.1, 0.15) is 89.6 Å². The van der Waals surface area contributed by atoms with Crippen LogP contribution in [-0.2, 0) is 132 Å². The Balaban J connectivity index is 0.000000130. The smallest absolute Gasteiger partial charge is 0.386 e. The highest BCUT2D eigenvalue weighted by Crippen LogP contribution is 2.64. The quantitative estimate of drug-likeness (QED) is 0.0646. The lowest BCUT2D eigenvalue weighted by Gasteiger charge is -2.27. The number of nitrogens with two attached hydrogens (primary N) is 6. The van der Waals surface area contributed by atoms with Crippen molar-refractivity contribution in [3.63, 3.8) is 0 Å². The van der Waals surface area contributed by atoms with Gasteiger partial charge in [-0.2, -0.15) is 29.0 Å². The van der Waals surface area contributed by atoms with Gasteiger partial charge in [-0.1, -0.05) is 27.9 Å². The molecule has 12 aromatic rings. The number of anilines is 6. The van der Waals surface area contributed by atoms with Crippen molar-refractivity contribution in [1.82, 2.24) is 118 Å². The molecule has 21 rings (SSSR count). The number of thiol groups is 1. The predicted molar refractivity (Wildman–Crippen MR) is 483 cm³/mol. The maximum Gasteiger partial charge on any atom is 0.386 e. The van der Waals surface area contributed by atoms with Crippen molar-refractivity contribution in [2.45, 2.75) is 143 Å². The van der Waals surface area contributed by atoms with Crippen LogP contribution in [0, 0.1) is 0 Å². The van der Waals surface area contributed by atoms with Crippen molar-refractivity contribution in [3.05, 3.63) is 86.8 Å². The van der Waals surface area contributed by atoms with Crippen LogP contribution in [0.2, 0.25) is 0 Å². The molecule has 20 N–H and O–H groups in total. The lowest BCUT2D eigenvalue weighted by Crippen LogP contribution is -2.34. The molecule has 9 fully saturated rings. The van der Waals surface area contributed by atoms with E-state index in [1.54, 1.807) is 0 Å². The van der Waals surface area contributed by atoms with Crippen molar-refractivity contribution in [2.75, 3.05) is 74.0 Å². The normalized spacial score (nSPS) is 37.7. The van der Waals surface area contributed by atoms with E-state index in [0.29, 0.717) is 0 Å². The number of nitrogens with zero attached hydrogens (tertiary/aromatic N) is 21. The summed E-state index contributed by atoms with van der Waals surface area (Å²) in [5.74, 6) is -0.641. The first kappa shape index (κ1) is 97.0. The predicted octanol–water partition coefficient (Wildman–Crippen LogP) is 2.51. The van der Waals surface area contributed by atoms with E-state index in [-0.39, 0.29) is 102 Å². The van der Waals surface area contributed by atoms with Crippen LogP contribution in [0.15, 0.2) is 70.2 Å². The zero-order chi connectivity index (χ0) is 95.5. The number of nitrogen functional groups attached to an aromatic ring is 6. The number of ether oxygens (including phenoxy) is 3. The van der Waals surface area contributed by atoms with Gasteiger partial charge in [0.25, 0.3) is 16.7 Å². The average Bonchev–Trinajstić information content (AvgIpc) is 1.63. The van der Waals surface area contributed by atoms with Gasteiger partial charge in [-0.05, 0) is 77.2 Å². The third kappa shape index (κ3) is 19.1. The summed E-state index contributed by atoms with van der Waals surface area (Å²) in [6.07, 6.45) is -22.1. The molecule has 6 unspecified atom stereocenters. The van der Waals surface area contributed by atoms with E-state index in [1.165, 1.54) is 69.5 Å². The summed E-state index contributed by atoms with van der Waals surface area (Å²) in [4.78, 5) is 136. The van der Waals surface area contributed by atoms with Gasteiger partial charge in [0, 0.05) is 18.6 Å². The van der Waals surface area contributed by atoms with E-state index in [1.807, 2.05) is 0 Å². The zero-order valence-corrected chi connectivity index (χ0v) is 79.6. The summed E-state index contributed by atoms with van der Waals surface area (Å²) < 4.78 is 200. The molecule has 0 saturated carbocycles. The standard InChI is InChI=1S/3C20H22F2N10O8P2S3/c3*21-9-8-4-37-42(35,44)39-13-7(38-18(10(13)22)32-15-11(29-30-32)6(23)1-2-25-15)3-36-41(34,43)40-14(9)19(45-8)31-5-26-12-16(31)27-20(24)28-17(12)33/h3*1-2,5,7-10,13-14,18-19H,3-4H2,(H2,23,25)(H,34,43)(H,35,44)(H3,24,27,28,33)/t3*7-,8-,9+,10+,13-,14-,18-,19-,41?,42?/m111/s1. The Kier molecular flexibility index (Phi) is 26.8. The fourth-order valence-corrected chi connectivity index (χ4v) is 29.1. The second-order valence-electron chi connectivity index (χ2n) is 30.2. The minimum atomic E-state index is -4.40. The Morgan fingerprint density at radius 1 is 0.378 bits per heavy atom. The number of aromatic amines is 3. The molecule has 54 nitrogen and oxygen atoms in total. The van der Waals surface area contributed by atoms with E-state index in [2.05, 4.69) is 103 Å². The molecule has 726 valence electrons. The number of nitrogens with one attached hydrogen (secondary N) is 3. The molecule has 0 radical (unpaired) electrons. The second-order valence-corrected chi connectivity index (χ2v) is 51.1. The molecule has 9 aliphatic heterocycles. The van der Waals surface area contributed by atoms with E-state index in [4.69, 9.17) is 162 Å². The molecule has 0 amide bonds. The Morgan fingerprint density at radius 3 is 0.941 bits per heavy atom. The van der Waals surface area contributed by atoms with Gasteiger partial charge < -0.3 is 95.7 Å². The van der Waals surface area contributed by atoms with Crippen molar-refractivity contribution in [2.24, 2.45) is 0 Å². The highest BCUT2D eigenvalue weighted by atomic mass is 32.7. The number of imidazole rings is 3. The van der Waals surface area contributed by atoms with Crippen molar-refractivity contribution in [3.8, 4) is 0 Å². The topological polar surface area (TPSA) is 734 Å². The summed E-state index contributed by atoms with van der Waals surface area (Å²) >= 11 is 32.7. The Morgan fingerprint density at radius 2 is 0.644 bits per heavy atom. The molecule has 30 atom stereocenters. The maximum atomic E-state index is 16.0. The first-order valence-corrected chi connectivity index (χ1v) is 57.2. The van der Waals surface area contributed by atoms with Gasteiger partial charge in [0.05, 0.1) is 91.4 Å². The lowest BCUT2D eigenvalue weighted by atomic mass is 10.1. The highest BCUT2D eigenvalue weighted by Gasteiger charge is 2.59. The van der Waals surface area contributed by atoms with E-state index in [9.17, 15) is 43.4 Å². The van der Waals surface area contributed by atoms with Crippen molar-refractivity contribution < 1.29 is 124 Å². The highest BCUT2D eigenvalue weighted by molar-refractivity contribution is 8.44. The van der Waals surface area contributed by atoms with Gasteiger partial charge in [-0.15, -0.1) is 50.6 Å². The molecule has 6 bridgehead atoms. The number of thioether (sulfide) groups is 3. The van der Waals surface area contributed by atoms with Crippen LogP contribution in [0.4, 0.5) is 61.2 Å². The minimum absolute atomic E-state index is 0.00621. The molecule has 21 heterocycles. The SMILES string of the molecule is Nc1nc2c(ncn2[C@@H]2S[C@@H]3COP(=O)(S)O[C@H]4[C@H](F)[C@H](n5nnc6c(N)ccnc65)O[C@@H]4COP(O)(=S)O[C@@H]2[C@H]3F)c(=O)[nH]1.Nc1nc2c(ncn2[C@@H]2S[C@@H]3COP(O)(=S)O[C@H]4[C@H](F)[C@H](n5nnc6c(N)ccnc65)O[C@@H]4COP(O)(=S)O[C@@H]2[C@H]3F)c(=O)[nH]1.Nc1nc2c(ncn2[C@@H]2S[C@@H]3COP(O)(=S)O[C@H]4[C@H](F)[C@H](n5nnc6c(N)ccnc65)O[C@@H]4COP(O)(=S)O[C@@H]2[C@H]3F)c(=O)[nH]1. The lowest BCUT2D eigenvalue weighted by molar-refractivity contribution is -0.0494. The van der Waals surface area contributed by atoms with Crippen LogP contribution < -0.4 is 51.1 Å². The summed E-state index contributed by atoms with van der Waals surface area (Å²) in [5.41, 5.74) is 34.4. The molecule has 0 aliphatic carbocycles. The van der Waals surface area contributed by atoms with Gasteiger partial charge in [-0.3, -0.25) is 74.7 Å². The first-order chi connectivity index (χ1) is 63.9. The summed E-state index contributed by atoms with van der Waals surface area (Å²) in [7, 11) is 0. The van der Waals surface area contributed by atoms with E-state index >= 15 is 26.3 Å². The Bertz CT molecular complexity index is 6510. The molecular weight excluding hydrogens is 2110 g/mol. The third-order valence-corrected chi connectivity index (χ3v) is 35.6. The average molecular weight is 2180 g/mol. The first-order valence-electron chi connectivity index (χ1n) is 38.7. The monoisotopic (exact) mass is 2180 g/mol. The van der Waals surface area contributed by atoms with E-state index < -0.39 is 239 Å². The molecule has 12 aromatic heterocycles. The molecule has 135 heavy (non-hydrogen) atoms. The number of fused-ring (bicyclic) bond motifs is 15. The number of halogens is 6. The minimum Gasteiger partial charge on any atom is -0.397 e. The van der Waals surface area contributed by atoms with Gasteiger partial charge >= 0.3 is 40.4 Å². The summed E-state index contributed by atoms with van der Waals surface area (Å²) in [5, 5.41) is 17.1. The maximum absolute atomic E-state index is 16.0. The third-order valence-electron chi connectivity index (χ3n) is 21.6.